The van der Waals surface area contributed by atoms with E-state index in [2.05, 4.69) is 10.5 Å². The molecule has 1 aromatic heterocycles. The molecule has 0 unspecified atom stereocenters. The number of aryl methyl sites for hydroxylation is 1. The molecule has 0 atom stereocenters. The molecular weight excluding hydrogens is 326 g/mol. The monoisotopic (exact) mass is 339 g/mol. The second kappa shape index (κ2) is 6.58. The molecule has 0 aliphatic rings. The summed E-state index contributed by atoms with van der Waals surface area (Å²) in [5.41, 5.74) is 0.272. The van der Waals surface area contributed by atoms with E-state index in [1.54, 1.807) is 6.92 Å². The van der Waals surface area contributed by atoms with Crippen LogP contribution < -0.4 is 10.0 Å². The average Bonchev–Trinajstić information content (AvgIpc) is 2.92. The number of carbonyl (C=O) groups excluding carboxylic acids is 1. The molecule has 1 aromatic carbocycles. The van der Waals surface area contributed by atoms with Crippen LogP contribution in [0.1, 0.15) is 16.2 Å². The number of benzene rings is 1. The van der Waals surface area contributed by atoms with Gasteiger partial charge in [0.2, 0.25) is 10.0 Å². The highest BCUT2D eigenvalue weighted by Gasteiger charge is 2.17. The number of sulfonamides is 1. The Morgan fingerprint density at radius 1 is 1.30 bits per heavy atom. The molecule has 2 rings (SSSR count). The number of hydrogen-bond acceptors (Lipinski definition) is 6. The Balaban J connectivity index is 2.16. The third-order valence-electron chi connectivity index (χ3n) is 2.68. The third kappa shape index (κ3) is 4.37. The van der Waals surface area contributed by atoms with Crippen LogP contribution in [0.3, 0.4) is 0 Å². The van der Waals surface area contributed by atoms with Gasteiger partial charge in [0, 0.05) is 11.8 Å². The van der Waals surface area contributed by atoms with E-state index in [0.29, 0.717) is 5.76 Å². The Morgan fingerprint density at radius 2 is 2.04 bits per heavy atom. The van der Waals surface area contributed by atoms with Crippen LogP contribution in [0, 0.1) is 6.92 Å². The summed E-state index contributed by atoms with van der Waals surface area (Å²) in [5.74, 6) is -1.40. The number of carbonyl (C=O) groups is 2. The summed E-state index contributed by atoms with van der Waals surface area (Å²) in [6.45, 7) is 0.891. The number of amides is 1. The minimum absolute atomic E-state index is 0.0553. The number of hydrogen-bond donors (Lipinski definition) is 3. The molecule has 0 radical (unpaired) electrons. The van der Waals surface area contributed by atoms with Crippen molar-refractivity contribution in [2.24, 2.45) is 0 Å². The van der Waals surface area contributed by atoms with Gasteiger partial charge in [0.05, 0.1) is 4.90 Å². The van der Waals surface area contributed by atoms with E-state index in [-0.39, 0.29) is 16.3 Å². The van der Waals surface area contributed by atoms with Gasteiger partial charge in [0.25, 0.3) is 5.91 Å². The number of rotatable bonds is 6. The zero-order chi connectivity index (χ0) is 17.0. The van der Waals surface area contributed by atoms with E-state index < -0.39 is 28.4 Å². The lowest BCUT2D eigenvalue weighted by Gasteiger charge is -2.07. The lowest BCUT2D eigenvalue weighted by molar-refractivity contribution is -0.135. The third-order valence-corrected chi connectivity index (χ3v) is 4.08. The fourth-order valence-electron chi connectivity index (χ4n) is 1.65. The maximum absolute atomic E-state index is 11.9. The van der Waals surface area contributed by atoms with E-state index in [4.69, 9.17) is 9.63 Å². The lowest BCUT2D eigenvalue weighted by Crippen LogP contribution is -2.29. The summed E-state index contributed by atoms with van der Waals surface area (Å²) in [7, 11) is -3.99. The van der Waals surface area contributed by atoms with Crippen LogP contribution in [0.15, 0.2) is 39.8 Å². The number of aliphatic carboxylic acids is 1. The van der Waals surface area contributed by atoms with Gasteiger partial charge < -0.3 is 14.9 Å². The van der Waals surface area contributed by atoms with Gasteiger partial charge in [-0.15, -0.1) is 0 Å². The van der Waals surface area contributed by atoms with Gasteiger partial charge in [-0.3, -0.25) is 9.59 Å². The molecule has 0 fully saturated rings. The first-order chi connectivity index (χ1) is 10.8. The summed E-state index contributed by atoms with van der Waals surface area (Å²) in [6, 6.07) is 6.82. The van der Waals surface area contributed by atoms with Crippen LogP contribution >= 0.6 is 0 Å². The van der Waals surface area contributed by atoms with Crippen LogP contribution in [0.5, 0.6) is 0 Å². The molecular formula is C13H13N3O6S. The molecule has 0 aliphatic carbocycles. The van der Waals surface area contributed by atoms with E-state index >= 15 is 0 Å². The molecule has 122 valence electrons. The Labute approximate surface area is 131 Å². The first-order valence-corrected chi connectivity index (χ1v) is 7.82. The van der Waals surface area contributed by atoms with E-state index in [0.717, 1.165) is 0 Å². The molecule has 1 amide bonds. The molecule has 23 heavy (non-hydrogen) atoms. The van der Waals surface area contributed by atoms with Gasteiger partial charge in [0.1, 0.15) is 12.3 Å². The minimum Gasteiger partial charge on any atom is -0.480 e. The van der Waals surface area contributed by atoms with Crippen LogP contribution in [0.4, 0.5) is 5.69 Å². The van der Waals surface area contributed by atoms with Crippen molar-refractivity contribution in [1.82, 2.24) is 9.88 Å². The number of nitrogens with zero attached hydrogens (tertiary/aromatic N) is 1. The molecule has 0 saturated carbocycles. The van der Waals surface area contributed by atoms with Crippen molar-refractivity contribution in [2.75, 3.05) is 11.9 Å². The molecule has 0 aliphatic heterocycles. The highest BCUT2D eigenvalue weighted by Crippen LogP contribution is 2.16. The van der Waals surface area contributed by atoms with Gasteiger partial charge >= 0.3 is 5.97 Å². The van der Waals surface area contributed by atoms with Gasteiger partial charge in [-0.1, -0.05) is 11.2 Å². The molecule has 3 N–H and O–H groups in total. The van der Waals surface area contributed by atoms with Crippen LogP contribution in [0.2, 0.25) is 0 Å². The topological polar surface area (TPSA) is 139 Å². The zero-order valence-corrected chi connectivity index (χ0v) is 12.8. The van der Waals surface area contributed by atoms with E-state index in [9.17, 15) is 18.0 Å². The van der Waals surface area contributed by atoms with Crippen molar-refractivity contribution in [2.45, 2.75) is 11.8 Å². The predicted molar refractivity (Wildman–Crippen MR) is 78.5 cm³/mol. The summed E-state index contributed by atoms with van der Waals surface area (Å²) < 4.78 is 30.6. The number of carboxylic acid groups (broad SMARTS) is 1. The second-order valence-corrected chi connectivity index (χ2v) is 6.29. The standard InChI is InChI=1S/C13H13N3O6S/c1-8-5-11(16-22-8)13(19)15-9-3-2-4-10(6-9)23(20,21)14-7-12(17)18/h2-6,14H,7H2,1H3,(H,15,19)(H,17,18). The smallest absolute Gasteiger partial charge is 0.318 e. The zero-order valence-electron chi connectivity index (χ0n) is 11.9. The molecule has 2 aromatic rings. The van der Waals surface area contributed by atoms with Gasteiger partial charge in [-0.2, -0.15) is 4.72 Å². The summed E-state index contributed by atoms with van der Waals surface area (Å²) in [4.78, 5) is 22.2. The van der Waals surface area contributed by atoms with Crippen molar-refractivity contribution in [3.05, 3.63) is 41.8 Å². The second-order valence-electron chi connectivity index (χ2n) is 4.52. The minimum atomic E-state index is -3.99. The largest absolute Gasteiger partial charge is 0.480 e. The SMILES string of the molecule is Cc1cc(C(=O)Nc2cccc(S(=O)(=O)NCC(=O)O)c2)no1. The highest BCUT2D eigenvalue weighted by molar-refractivity contribution is 7.89. The fourth-order valence-corrected chi connectivity index (χ4v) is 2.67. The first kappa shape index (κ1) is 16.6. The van der Waals surface area contributed by atoms with Crippen molar-refractivity contribution in [1.29, 1.82) is 0 Å². The highest BCUT2D eigenvalue weighted by atomic mass is 32.2. The molecule has 1 heterocycles. The maximum Gasteiger partial charge on any atom is 0.318 e. The number of anilines is 1. The maximum atomic E-state index is 11.9. The average molecular weight is 339 g/mol. The Hall–Kier alpha value is -2.72. The summed E-state index contributed by atoms with van der Waals surface area (Å²) in [5, 5.41) is 14.6. The van der Waals surface area contributed by atoms with Crippen molar-refractivity contribution >= 4 is 27.6 Å². The number of aromatic nitrogens is 1. The van der Waals surface area contributed by atoms with Crippen LogP contribution in [-0.2, 0) is 14.8 Å². The number of carboxylic acids is 1. The Kier molecular flexibility index (Phi) is 4.77. The quantitative estimate of drug-likeness (QED) is 0.700. The summed E-state index contributed by atoms with van der Waals surface area (Å²) in [6.07, 6.45) is 0. The van der Waals surface area contributed by atoms with Gasteiger partial charge in [0.15, 0.2) is 5.69 Å². The Bertz CT molecular complexity index is 843. The molecule has 10 heteroatoms. The van der Waals surface area contributed by atoms with E-state index in [1.807, 2.05) is 4.72 Å². The molecule has 9 nitrogen and oxygen atoms in total. The first-order valence-electron chi connectivity index (χ1n) is 6.34. The van der Waals surface area contributed by atoms with Crippen molar-refractivity contribution in [3.63, 3.8) is 0 Å². The van der Waals surface area contributed by atoms with Gasteiger partial charge in [-0.05, 0) is 25.1 Å². The normalized spacial score (nSPS) is 11.2. The Morgan fingerprint density at radius 3 is 2.65 bits per heavy atom. The summed E-state index contributed by atoms with van der Waals surface area (Å²) >= 11 is 0. The molecule has 0 bridgehead atoms. The lowest BCUT2D eigenvalue weighted by atomic mass is 10.3. The number of nitrogens with one attached hydrogen (secondary N) is 2. The van der Waals surface area contributed by atoms with Crippen molar-refractivity contribution in [3.8, 4) is 0 Å². The fraction of sp³-hybridized carbons (Fsp3) is 0.154. The van der Waals surface area contributed by atoms with Gasteiger partial charge in [-0.25, -0.2) is 8.42 Å². The molecule has 0 saturated heterocycles. The predicted octanol–water partition coefficient (Wildman–Crippen LogP) is 0.598. The van der Waals surface area contributed by atoms with Crippen LogP contribution in [0.25, 0.3) is 0 Å². The van der Waals surface area contributed by atoms with Crippen LogP contribution in [-0.4, -0.2) is 37.1 Å². The molecule has 0 spiro atoms. The van der Waals surface area contributed by atoms with Crippen molar-refractivity contribution < 1.29 is 27.6 Å². The van der Waals surface area contributed by atoms with E-state index in [1.165, 1.54) is 30.3 Å².